The van der Waals surface area contributed by atoms with Crippen molar-refractivity contribution in [1.82, 2.24) is 0 Å². The third-order valence-corrected chi connectivity index (χ3v) is 5.94. The van der Waals surface area contributed by atoms with Gasteiger partial charge in [-0.2, -0.15) is 13.2 Å². The van der Waals surface area contributed by atoms with E-state index < -0.39 is 35.2 Å². The van der Waals surface area contributed by atoms with Gasteiger partial charge in [0, 0.05) is 5.92 Å². The van der Waals surface area contributed by atoms with Crippen LogP contribution >= 0.6 is 0 Å². The third-order valence-electron chi connectivity index (χ3n) is 5.94. The molecule has 1 atom stereocenters. The zero-order valence-corrected chi connectivity index (χ0v) is 16.9. The van der Waals surface area contributed by atoms with Crippen LogP contribution in [0.5, 0.6) is 5.75 Å². The molecular formula is C22H26F5NO2. The average molecular weight is 431 g/mol. The number of benzene rings is 2. The first-order valence-electron chi connectivity index (χ1n) is 9.91. The van der Waals surface area contributed by atoms with Gasteiger partial charge in [0.05, 0.1) is 18.2 Å². The van der Waals surface area contributed by atoms with Crippen molar-refractivity contribution >= 4 is 10.8 Å². The maximum atomic E-state index is 13.9. The Morgan fingerprint density at radius 3 is 2.17 bits per heavy atom. The Labute approximate surface area is 172 Å². The third kappa shape index (κ3) is 4.70. The maximum absolute atomic E-state index is 13.9. The van der Waals surface area contributed by atoms with E-state index in [0.717, 1.165) is 6.92 Å². The number of fused-ring (bicyclic) bond motifs is 1. The van der Waals surface area contributed by atoms with E-state index in [9.17, 15) is 27.1 Å². The molecule has 1 unspecified atom stereocenters. The lowest BCUT2D eigenvalue weighted by molar-refractivity contribution is -0.138. The number of ether oxygens (including phenoxy) is 1. The molecule has 0 bridgehead atoms. The highest BCUT2D eigenvalue weighted by molar-refractivity contribution is 5.89. The fourth-order valence-electron chi connectivity index (χ4n) is 4.01. The number of hydrogen-bond acceptors (Lipinski definition) is 3. The predicted octanol–water partition coefficient (Wildman–Crippen LogP) is 5.62. The summed E-state index contributed by atoms with van der Waals surface area (Å²) < 4.78 is 74.4. The molecule has 3 rings (SSSR count). The van der Waals surface area contributed by atoms with E-state index in [1.54, 1.807) is 6.92 Å². The number of hydrogen-bond donors (Lipinski definition) is 2. The molecule has 3 nitrogen and oxygen atoms in total. The van der Waals surface area contributed by atoms with Gasteiger partial charge in [-0.25, -0.2) is 8.78 Å². The predicted molar refractivity (Wildman–Crippen MR) is 105 cm³/mol. The van der Waals surface area contributed by atoms with Crippen molar-refractivity contribution in [3.05, 3.63) is 41.5 Å². The molecule has 0 amide bonds. The summed E-state index contributed by atoms with van der Waals surface area (Å²) in [5.41, 5.74) is 4.54. The van der Waals surface area contributed by atoms with Crippen LogP contribution in [0, 0.1) is 5.92 Å². The number of alkyl halides is 5. The van der Waals surface area contributed by atoms with Crippen LogP contribution in [0.15, 0.2) is 30.3 Å². The summed E-state index contributed by atoms with van der Waals surface area (Å²) in [5, 5.41) is 9.72. The van der Waals surface area contributed by atoms with Crippen LogP contribution < -0.4 is 10.5 Å². The summed E-state index contributed by atoms with van der Waals surface area (Å²) >= 11 is 0. The van der Waals surface area contributed by atoms with Crippen molar-refractivity contribution in [2.75, 3.05) is 6.61 Å². The second kappa shape index (κ2) is 7.96. The van der Waals surface area contributed by atoms with Gasteiger partial charge in [-0.15, -0.1) is 0 Å². The van der Waals surface area contributed by atoms with Crippen LogP contribution in [-0.2, 0) is 11.7 Å². The number of rotatable bonds is 5. The van der Waals surface area contributed by atoms with Crippen molar-refractivity contribution in [2.24, 2.45) is 11.7 Å². The van der Waals surface area contributed by atoms with Gasteiger partial charge in [-0.05, 0) is 68.0 Å². The number of nitrogens with two attached hydrogens (primary N) is 1. The van der Waals surface area contributed by atoms with Gasteiger partial charge in [0.1, 0.15) is 11.3 Å². The van der Waals surface area contributed by atoms with Gasteiger partial charge in [0.25, 0.3) is 0 Å². The van der Waals surface area contributed by atoms with Gasteiger partial charge in [0.2, 0.25) is 5.92 Å². The van der Waals surface area contributed by atoms with Gasteiger partial charge < -0.3 is 15.6 Å². The molecule has 0 saturated heterocycles. The highest BCUT2D eigenvalue weighted by atomic mass is 19.4. The summed E-state index contributed by atoms with van der Waals surface area (Å²) in [5.74, 6) is -3.87. The fraction of sp³-hybridized carbons (Fsp3) is 0.545. The van der Waals surface area contributed by atoms with Crippen LogP contribution in [0.1, 0.15) is 50.7 Å². The minimum atomic E-state index is -4.66. The SMILES string of the molecule is CC(N)(CO)c1ccc2c(C(F)(F)F)c(OC3CCC(C(C)(F)F)CC3)ccc2c1. The van der Waals surface area contributed by atoms with E-state index in [1.807, 2.05) is 0 Å². The largest absolute Gasteiger partial charge is 0.490 e. The average Bonchev–Trinajstić information content (AvgIpc) is 2.66. The highest BCUT2D eigenvalue weighted by Crippen LogP contribution is 2.44. The lowest BCUT2D eigenvalue weighted by Crippen LogP contribution is -2.36. The van der Waals surface area contributed by atoms with Crippen molar-refractivity contribution in [2.45, 2.75) is 63.3 Å². The quantitative estimate of drug-likeness (QED) is 0.605. The van der Waals surface area contributed by atoms with Gasteiger partial charge in [0.15, 0.2) is 0 Å². The lowest BCUT2D eigenvalue weighted by atomic mass is 9.83. The van der Waals surface area contributed by atoms with Crippen molar-refractivity contribution < 1.29 is 31.8 Å². The molecule has 8 heteroatoms. The number of halogens is 5. The Morgan fingerprint density at radius 2 is 1.63 bits per heavy atom. The smallest absolute Gasteiger partial charge is 0.420 e. The molecule has 0 aromatic heterocycles. The molecule has 1 aliphatic rings. The minimum Gasteiger partial charge on any atom is -0.490 e. The zero-order chi connectivity index (χ0) is 22.3. The molecule has 166 valence electrons. The van der Waals surface area contributed by atoms with E-state index in [1.165, 1.54) is 30.3 Å². The molecule has 0 aliphatic heterocycles. The molecule has 1 aliphatic carbocycles. The van der Waals surface area contributed by atoms with E-state index in [-0.39, 0.29) is 43.4 Å². The zero-order valence-electron chi connectivity index (χ0n) is 16.9. The van der Waals surface area contributed by atoms with E-state index in [0.29, 0.717) is 10.9 Å². The molecule has 0 radical (unpaired) electrons. The molecule has 2 aromatic rings. The first-order valence-corrected chi connectivity index (χ1v) is 9.91. The first kappa shape index (κ1) is 22.7. The van der Waals surface area contributed by atoms with Gasteiger partial charge in [-0.1, -0.05) is 18.2 Å². The minimum absolute atomic E-state index is 0.0359. The van der Waals surface area contributed by atoms with Crippen molar-refractivity contribution in [1.29, 1.82) is 0 Å². The highest BCUT2D eigenvalue weighted by Gasteiger charge is 2.40. The Morgan fingerprint density at radius 1 is 1.00 bits per heavy atom. The van der Waals surface area contributed by atoms with Gasteiger partial charge >= 0.3 is 6.18 Å². The van der Waals surface area contributed by atoms with Crippen LogP contribution in [0.25, 0.3) is 10.8 Å². The second-order valence-electron chi connectivity index (χ2n) is 8.50. The Balaban J connectivity index is 1.93. The van der Waals surface area contributed by atoms with Crippen molar-refractivity contribution in [3.63, 3.8) is 0 Å². The Kier molecular flexibility index (Phi) is 6.04. The molecule has 1 saturated carbocycles. The molecular weight excluding hydrogens is 405 g/mol. The number of aliphatic hydroxyl groups is 1. The Bertz CT molecular complexity index is 897. The van der Waals surface area contributed by atoms with E-state index in [4.69, 9.17) is 10.5 Å². The topological polar surface area (TPSA) is 55.5 Å². The second-order valence-corrected chi connectivity index (χ2v) is 8.50. The van der Waals surface area contributed by atoms with Crippen LogP contribution in [-0.4, -0.2) is 23.7 Å². The summed E-state index contributed by atoms with van der Waals surface area (Å²) in [6, 6.07) is 7.10. The standard InChI is InChI=1S/C22H26F5NO2/c1-20(28,12-29)15-6-9-17-13(11-15)3-10-18(19(17)22(25,26)27)30-16-7-4-14(5-8-16)21(2,23)24/h3,6,9-11,14,16,29H,4-5,7-8,12,28H2,1-2H3. The Hall–Kier alpha value is -1.93. The monoisotopic (exact) mass is 431 g/mol. The first-order chi connectivity index (χ1) is 13.8. The fourth-order valence-corrected chi connectivity index (χ4v) is 4.01. The lowest BCUT2D eigenvalue weighted by Gasteiger charge is -2.32. The molecule has 1 fully saturated rings. The van der Waals surface area contributed by atoms with Crippen LogP contribution in [0.4, 0.5) is 22.0 Å². The summed E-state index contributed by atoms with van der Waals surface area (Å²) in [6.07, 6.45) is -4.21. The molecule has 30 heavy (non-hydrogen) atoms. The summed E-state index contributed by atoms with van der Waals surface area (Å²) in [6.45, 7) is 2.11. The molecule has 0 spiro atoms. The normalized spacial score (nSPS) is 22.7. The van der Waals surface area contributed by atoms with E-state index in [2.05, 4.69) is 0 Å². The summed E-state index contributed by atoms with van der Waals surface area (Å²) in [7, 11) is 0. The maximum Gasteiger partial charge on any atom is 0.420 e. The van der Waals surface area contributed by atoms with Crippen LogP contribution in [0.3, 0.4) is 0 Å². The molecule has 3 N–H and O–H groups in total. The van der Waals surface area contributed by atoms with Gasteiger partial charge in [-0.3, -0.25) is 0 Å². The summed E-state index contributed by atoms with van der Waals surface area (Å²) in [4.78, 5) is 0. The van der Waals surface area contributed by atoms with Crippen LogP contribution in [0.2, 0.25) is 0 Å². The molecule has 2 aromatic carbocycles. The molecule has 0 heterocycles. The number of aliphatic hydroxyl groups excluding tert-OH is 1. The van der Waals surface area contributed by atoms with Crippen molar-refractivity contribution in [3.8, 4) is 5.75 Å². The van der Waals surface area contributed by atoms with E-state index >= 15 is 0 Å².